The van der Waals surface area contributed by atoms with E-state index in [1.165, 1.54) is 5.57 Å². The third kappa shape index (κ3) is 5.43. The molecule has 1 nitrogen and oxygen atoms in total. The fourth-order valence-electron chi connectivity index (χ4n) is 1.75. The largest absolute Gasteiger partial charge is 0.314 e. The van der Waals surface area contributed by atoms with Gasteiger partial charge < -0.3 is 5.32 Å². The molecule has 100 valence electrons. The van der Waals surface area contributed by atoms with Gasteiger partial charge in [-0.3, -0.25) is 0 Å². The molecule has 1 aromatic rings. The van der Waals surface area contributed by atoms with E-state index in [2.05, 4.69) is 32.2 Å². The summed E-state index contributed by atoms with van der Waals surface area (Å²) in [5, 5.41) is 4.69. The molecule has 1 N–H and O–H groups in total. The maximum atomic E-state index is 6.17. The van der Waals surface area contributed by atoms with Gasteiger partial charge in [-0.2, -0.15) is 0 Å². The lowest BCUT2D eigenvalue weighted by Crippen LogP contribution is -2.23. The van der Waals surface area contributed by atoms with Crippen LogP contribution in [0.15, 0.2) is 29.8 Å². The predicted molar refractivity (Wildman–Crippen MR) is 81.7 cm³/mol. The number of allylic oxidation sites excluding steroid dienone is 1. The Morgan fingerprint density at radius 3 is 2.72 bits per heavy atom. The van der Waals surface area contributed by atoms with Crippen LogP contribution in [0, 0.1) is 0 Å². The van der Waals surface area contributed by atoms with Gasteiger partial charge >= 0.3 is 0 Å². The number of halogens is 2. The molecule has 0 aliphatic heterocycles. The minimum absolute atomic E-state index is 0.543. The molecule has 1 rings (SSSR count). The van der Waals surface area contributed by atoms with E-state index in [0.717, 1.165) is 24.9 Å². The van der Waals surface area contributed by atoms with Crippen LogP contribution in [-0.2, 0) is 6.42 Å². The zero-order chi connectivity index (χ0) is 13.5. The summed E-state index contributed by atoms with van der Waals surface area (Å²) >= 11 is 12.2. The van der Waals surface area contributed by atoms with Gasteiger partial charge in [0.15, 0.2) is 0 Å². The zero-order valence-corrected chi connectivity index (χ0v) is 12.8. The molecule has 0 aliphatic carbocycles. The predicted octanol–water partition coefficient (Wildman–Crippen LogP) is 4.87. The minimum Gasteiger partial charge on any atom is -0.314 e. The molecule has 0 saturated carbocycles. The lowest BCUT2D eigenvalue weighted by Gasteiger charge is -2.08. The van der Waals surface area contributed by atoms with Crippen molar-refractivity contribution in [3.8, 4) is 0 Å². The summed E-state index contributed by atoms with van der Waals surface area (Å²) in [6.45, 7) is 7.45. The molecule has 1 aromatic carbocycles. The Hall–Kier alpha value is -0.500. The first-order valence-corrected chi connectivity index (χ1v) is 7.08. The van der Waals surface area contributed by atoms with Crippen LogP contribution in [0.4, 0.5) is 0 Å². The Labute approximate surface area is 120 Å². The molecule has 0 amide bonds. The number of benzene rings is 1. The van der Waals surface area contributed by atoms with E-state index in [1.54, 1.807) is 0 Å². The highest BCUT2D eigenvalue weighted by molar-refractivity contribution is 6.42. The molecule has 0 aliphatic rings. The zero-order valence-electron chi connectivity index (χ0n) is 11.3. The van der Waals surface area contributed by atoms with Crippen molar-refractivity contribution >= 4 is 23.2 Å². The smallest absolute Gasteiger partial charge is 0.0627 e. The average molecular weight is 286 g/mol. The third-order valence-electron chi connectivity index (χ3n) is 2.69. The first-order valence-electron chi connectivity index (χ1n) is 6.32. The molecule has 18 heavy (non-hydrogen) atoms. The first kappa shape index (κ1) is 15.6. The van der Waals surface area contributed by atoms with E-state index in [1.807, 2.05) is 18.2 Å². The highest BCUT2D eigenvalue weighted by Crippen LogP contribution is 2.27. The lowest BCUT2D eigenvalue weighted by molar-refractivity contribution is 0.594. The van der Waals surface area contributed by atoms with Crippen molar-refractivity contribution in [2.24, 2.45) is 0 Å². The quantitative estimate of drug-likeness (QED) is 0.581. The van der Waals surface area contributed by atoms with Crippen molar-refractivity contribution in [2.75, 3.05) is 6.54 Å². The van der Waals surface area contributed by atoms with Crippen LogP contribution in [-0.4, -0.2) is 12.6 Å². The van der Waals surface area contributed by atoms with Gasteiger partial charge in [-0.1, -0.05) is 60.8 Å². The lowest BCUT2D eigenvalue weighted by atomic mass is 10.1. The third-order valence-corrected chi connectivity index (χ3v) is 3.55. The number of nitrogens with one attached hydrogen (secondary N) is 1. The van der Waals surface area contributed by atoms with Gasteiger partial charge in [-0.15, -0.1) is 0 Å². The summed E-state index contributed by atoms with van der Waals surface area (Å²) in [5.41, 5.74) is 2.42. The maximum Gasteiger partial charge on any atom is 0.0627 e. The Morgan fingerprint density at radius 2 is 2.06 bits per heavy atom. The van der Waals surface area contributed by atoms with Gasteiger partial charge in [-0.25, -0.2) is 0 Å². The fraction of sp³-hybridized carbons (Fsp3) is 0.467. The highest BCUT2D eigenvalue weighted by Gasteiger charge is 2.04. The van der Waals surface area contributed by atoms with Crippen molar-refractivity contribution in [1.82, 2.24) is 5.32 Å². The summed E-state index contributed by atoms with van der Waals surface area (Å²) in [5.74, 6) is 0. The van der Waals surface area contributed by atoms with E-state index < -0.39 is 0 Å². The van der Waals surface area contributed by atoms with Crippen LogP contribution in [0.5, 0.6) is 0 Å². The normalized spacial score (nSPS) is 12.2. The van der Waals surface area contributed by atoms with Crippen molar-refractivity contribution in [2.45, 2.75) is 39.7 Å². The van der Waals surface area contributed by atoms with Crippen molar-refractivity contribution < 1.29 is 0 Å². The van der Waals surface area contributed by atoms with Crippen LogP contribution < -0.4 is 5.32 Å². The molecule has 0 heterocycles. The van der Waals surface area contributed by atoms with Gasteiger partial charge in [0.25, 0.3) is 0 Å². The number of hydrogen-bond acceptors (Lipinski definition) is 1. The molecule has 0 unspecified atom stereocenters. The van der Waals surface area contributed by atoms with Gasteiger partial charge in [0.05, 0.1) is 10.0 Å². The van der Waals surface area contributed by atoms with Crippen LogP contribution in [0.3, 0.4) is 0 Å². The topological polar surface area (TPSA) is 12.0 Å². The molecule has 3 heteroatoms. The summed E-state index contributed by atoms with van der Waals surface area (Å²) in [6.07, 6.45) is 4.16. The number of hydrogen-bond donors (Lipinski definition) is 1. The van der Waals surface area contributed by atoms with Gasteiger partial charge in [0.1, 0.15) is 0 Å². The average Bonchev–Trinajstić information content (AvgIpc) is 2.30. The second-order valence-corrected chi connectivity index (χ2v) is 5.62. The Morgan fingerprint density at radius 1 is 1.33 bits per heavy atom. The molecular formula is C15H21Cl2N. The van der Waals surface area contributed by atoms with Gasteiger partial charge in [-0.05, 0) is 37.9 Å². The Bertz CT molecular complexity index is 411. The van der Waals surface area contributed by atoms with E-state index in [0.29, 0.717) is 16.1 Å². The van der Waals surface area contributed by atoms with Crippen LogP contribution >= 0.6 is 23.2 Å². The molecule has 0 fully saturated rings. The molecule has 0 bridgehead atoms. The van der Waals surface area contributed by atoms with E-state index in [-0.39, 0.29) is 0 Å². The summed E-state index contributed by atoms with van der Waals surface area (Å²) < 4.78 is 0. The first-order chi connectivity index (χ1) is 8.50. The van der Waals surface area contributed by atoms with Crippen LogP contribution in [0.1, 0.15) is 32.8 Å². The Balaban J connectivity index is 2.51. The monoisotopic (exact) mass is 285 g/mol. The Kier molecular flexibility index (Phi) is 6.77. The van der Waals surface area contributed by atoms with Crippen molar-refractivity contribution in [1.29, 1.82) is 0 Å². The minimum atomic E-state index is 0.543. The molecular weight excluding hydrogens is 265 g/mol. The fourth-order valence-corrected chi connectivity index (χ4v) is 2.14. The van der Waals surface area contributed by atoms with E-state index in [4.69, 9.17) is 23.2 Å². The van der Waals surface area contributed by atoms with E-state index >= 15 is 0 Å². The van der Waals surface area contributed by atoms with Crippen LogP contribution in [0.25, 0.3) is 0 Å². The van der Waals surface area contributed by atoms with Gasteiger partial charge in [0, 0.05) is 6.04 Å². The number of rotatable bonds is 6. The maximum absolute atomic E-state index is 6.17. The summed E-state index contributed by atoms with van der Waals surface area (Å²) in [6, 6.07) is 6.33. The van der Waals surface area contributed by atoms with Crippen molar-refractivity contribution in [3.63, 3.8) is 0 Å². The summed E-state index contributed by atoms with van der Waals surface area (Å²) in [7, 11) is 0. The standard InChI is InChI=1S/C15H21Cl2N/c1-11(2)18-9-5-6-12(3)10-13-7-4-8-14(16)15(13)17/h4,6-8,11,18H,5,9-10H2,1-3H3/b12-6-. The molecule has 0 aromatic heterocycles. The second kappa shape index (κ2) is 7.83. The molecule has 0 radical (unpaired) electrons. The molecule has 0 spiro atoms. The molecule has 0 saturated heterocycles. The van der Waals surface area contributed by atoms with Crippen molar-refractivity contribution in [3.05, 3.63) is 45.5 Å². The van der Waals surface area contributed by atoms with Gasteiger partial charge in [0.2, 0.25) is 0 Å². The summed E-state index contributed by atoms with van der Waals surface area (Å²) in [4.78, 5) is 0. The van der Waals surface area contributed by atoms with Crippen LogP contribution in [0.2, 0.25) is 10.0 Å². The highest BCUT2D eigenvalue weighted by atomic mass is 35.5. The SMILES string of the molecule is C/C(=C/CCNC(C)C)Cc1cccc(Cl)c1Cl. The van der Waals surface area contributed by atoms with E-state index in [9.17, 15) is 0 Å². The second-order valence-electron chi connectivity index (χ2n) is 4.84. The molecule has 0 atom stereocenters.